The number of morpholine rings is 1. The molecule has 1 unspecified atom stereocenters. The van der Waals surface area contributed by atoms with E-state index in [9.17, 15) is 9.59 Å². The van der Waals surface area contributed by atoms with Crippen molar-refractivity contribution in [3.63, 3.8) is 0 Å². The van der Waals surface area contributed by atoms with E-state index in [-0.39, 0.29) is 17.9 Å². The van der Waals surface area contributed by atoms with Crippen LogP contribution >= 0.6 is 15.9 Å². The fraction of sp³-hybridized carbons (Fsp3) is 0.391. The summed E-state index contributed by atoms with van der Waals surface area (Å²) in [4.78, 5) is 27.5. The minimum atomic E-state index is -0.298. The SMILES string of the molecule is O=C(Nc1ccccc1C(=O)N1CCOCC1)c1ccc(OCC2CCCO2)c(Br)c1. The summed E-state index contributed by atoms with van der Waals surface area (Å²) in [6.07, 6.45) is 2.18. The van der Waals surface area contributed by atoms with E-state index in [0.29, 0.717) is 59.9 Å². The fourth-order valence-corrected chi connectivity index (χ4v) is 4.12. The van der Waals surface area contributed by atoms with Gasteiger partial charge in [0, 0.05) is 25.3 Å². The van der Waals surface area contributed by atoms with Crippen molar-refractivity contribution in [1.82, 2.24) is 4.90 Å². The van der Waals surface area contributed by atoms with Gasteiger partial charge in [0.05, 0.1) is 35.0 Å². The number of rotatable bonds is 6. The Morgan fingerprint density at radius 3 is 2.68 bits per heavy atom. The first kappa shape index (κ1) is 21.8. The number of nitrogens with zero attached hydrogens (tertiary/aromatic N) is 1. The first-order valence-electron chi connectivity index (χ1n) is 10.4. The second-order valence-corrected chi connectivity index (χ2v) is 8.35. The molecule has 0 aromatic heterocycles. The smallest absolute Gasteiger partial charge is 0.256 e. The van der Waals surface area contributed by atoms with Crippen LogP contribution in [0, 0.1) is 0 Å². The van der Waals surface area contributed by atoms with Gasteiger partial charge in [0.1, 0.15) is 12.4 Å². The number of carbonyl (C=O) groups is 2. The largest absolute Gasteiger partial charge is 0.490 e. The normalized spacial score (nSPS) is 18.6. The van der Waals surface area contributed by atoms with Crippen LogP contribution in [0.1, 0.15) is 33.6 Å². The third kappa shape index (κ3) is 5.44. The zero-order valence-corrected chi connectivity index (χ0v) is 18.7. The molecule has 164 valence electrons. The number of amides is 2. The average molecular weight is 489 g/mol. The van der Waals surface area contributed by atoms with Crippen LogP contribution < -0.4 is 10.1 Å². The first-order chi connectivity index (χ1) is 15.1. The highest BCUT2D eigenvalue weighted by molar-refractivity contribution is 9.10. The number of anilines is 1. The van der Waals surface area contributed by atoms with Crippen LogP contribution in [0.3, 0.4) is 0 Å². The van der Waals surface area contributed by atoms with Crippen LogP contribution in [0.2, 0.25) is 0 Å². The number of halogens is 1. The van der Waals surface area contributed by atoms with E-state index in [2.05, 4.69) is 21.2 Å². The molecule has 2 aromatic rings. The summed E-state index contributed by atoms with van der Waals surface area (Å²) >= 11 is 3.48. The van der Waals surface area contributed by atoms with E-state index in [1.807, 2.05) is 0 Å². The summed E-state index contributed by atoms with van der Waals surface area (Å²) in [6.45, 7) is 3.40. The Labute approximate surface area is 189 Å². The van der Waals surface area contributed by atoms with E-state index in [1.54, 1.807) is 47.4 Å². The van der Waals surface area contributed by atoms with E-state index in [4.69, 9.17) is 14.2 Å². The Morgan fingerprint density at radius 1 is 1.13 bits per heavy atom. The molecule has 2 aliphatic rings. The lowest BCUT2D eigenvalue weighted by Gasteiger charge is -2.27. The molecule has 0 radical (unpaired) electrons. The molecule has 2 amide bonds. The van der Waals surface area contributed by atoms with Gasteiger partial charge in [-0.3, -0.25) is 9.59 Å². The molecule has 0 saturated carbocycles. The van der Waals surface area contributed by atoms with Crippen LogP contribution in [0.4, 0.5) is 5.69 Å². The predicted octanol–water partition coefficient (Wildman–Crippen LogP) is 3.73. The molecular formula is C23H25BrN2O5. The lowest BCUT2D eigenvalue weighted by molar-refractivity contribution is 0.0303. The van der Waals surface area contributed by atoms with Gasteiger partial charge in [-0.15, -0.1) is 0 Å². The van der Waals surface area contributed by atoms with E-state index < -0.39 is 0 Å². The Hall–Kier alpha value is -2.42. The first-order valence-corrected chi connectivity index (χ1v) is 11.2. The summed E-state index contributed by atoms with van der Waals surface area (Å²) in [5, 5.41) is 2.87. The molecule has 8 heteroatoms. The third-order valence-electron chi connectivity index (χ3n) is 5.35. The molecule has 2 aliphatic heterocycles. The van der Waals surface area contributed by atoms with Gasteiger partial charge >= 0.3 is 0 Å². The highest BCUT2D eigenvalue weighted by atomic mass is 79.9. The van der Waals surface area contributed by atoms with Crippen molar-refractivity contribution in [3.05, 3.63) is 58.1 Å². The minimum Gasteiger partial charge on any atom is -0.490 e. The number of hydrogen-bond donors (Lipinski definition) is 1. The molecule has 0 bridgehead atoms. The summed E-state index contributed by atoms with van der Waals surface area (Å²) in [6, 6.07) is 12.2. The highest BCUT2D eigenvalue weighted by Gasteiger charge is 2.22. The maximum absolute atomic E-state index is 12.9. The van der Waals surface area contributed by atoms with Crippen LogP contribution in [0.15, 0.2) is 46.9 Å². The zero-order valence-electron chi connectivity index (χ0n) is 17.1. The van der Waals surface area contributed by atoms with Crippen LogP contribution in [-0.2, 0) is 9.47 Å². The molecule has 1 atom stereocenters. The number of hydrogen-bond acceptors (Lipinski definition) is 5. The summed E-state index contributed by atoms with van der Waals surface area (Å²) in [7, 11) is 0. The van der Waals surface area contributed by atoms with Gasteiger partial charge in [-0.25, -0.2) is 0 Å². The minimum absolute atomic E-state index is 0.113. The number of benzene rings is 2. The third-order valence-corrected chi connectivity index (χ3v) is 5.97. The quantitative estimate of drug-likeness (QED) is 0.670. The van der Waals surface area contributed by atoms with Gasteiger partial charge in [-0.05, 0) is 59.1 Å². The second-order valence-electron chi connectivity index (χ2n) is 7.50. The topological polar surface area (TPSA) is 77.1 Å². The molecule has 0 aliphatic carbocycles. The number of ether oxygens (including phenoxy) is 3. The monoisotopic (exact) mass is 488 g/mol. The number of para-hydroxylation sites is 1. The molecule has 2 fully saturated rings. The predicted molar refractivity (Wildman–Crippen MR) is 120 cm³/mol. The van der Waals surface area contributed by atoms with Crippen molar-refractivity contribution < 1.29 is 23.8 Å². The van der Waals surface area contributed by atoms with Crippen molar-refractivity contribution >= 4 is 33.4 Å². The molecule has 2 aromatic carbocycles. The Kier molecular flexibility index (Phi) is 7.21. The van der Waals surface area contributed by atoms with Crippen molar-refractivity contribution in [1.29, 1.82) is 0 Å². The van der Waals surface area contributed by atoms with Crippen LogP contribution in [-0.4, -0.2) is 62.3 Å². The maximum Gasteiger partial charge on any atom is 0.256 e. The van der Waals surface area contributed by atoms with Crippen LogP contribution in [0.25, 0.3) is 0 Å². The summed E-state index contributed by atoms with van der Waals surface area (Å²) < 4.78 is 17.4. The molecule has 0 spiro atoms. The molecular weight excluding hydrogens is 464 g/mol. The standard InChI is InChI=1S/C23H25BrN2O5/c24-19-14-16(7-8-21(19)31-15-17-4-3-11-30-17)22(27)25-20-6-2-1-5-18(20)23(28)26-9-12-29-13-10-26/h1-2,5-8,14,17H,3-4,9-13,15H2,(H,25,27). The Bertz CT molecular complexity index is 939. The van der Waals surface area contributed by atoms with E-state index in [0.717, 1.165) is 19.4 Å². The average Bonchev–Trinajstić information content (AvgIpc) is 3.32. The van der Waals surface area contributed by atoms with Crippen molar-refractivity contribution in [2.24, 2.45) is 0 Å². The van der Waals surface area contributed by atoms with Crippen molar-refractivity contribution in [2.75, 3.05) is 44.8 Å². The van der Waals surface area contributed by atoms with E-state index in [1.165, 1.54) is 0 Å². The van der Waals surface area contributed by atoms with E-state index >= 15 is 0 Å². The van der Waals surface area contributed by atoms with Gasteiger partial charge in [0.25, 0.3) is 11.8 Å². The lowest BCUT2D eigenvalue weighted by atomic mass is 10.1. The highest BCUT2D eigenvalue weighted by Crippen LogP contribution is 2.28. The summed E-state index contributed by atoms with van der Waals surface area (Å²) in [5.41, 5.74) is 1.41. The second kappa shape index (κ2) is 10.3. The zero-order chi connectivity index (χ0) is 21.6. The van der Waals surface area contributed by atoms with Gasteiger partial charge < -0.3 is 24.4 Å². The van der Waals surface area contributed by atoms with Crippen molar-refractivity contribution in [3.8, 4) is 5.75 Å². The number of carbonyl (C=O) groups excluding carboxylic acids is 2. The van der Waals surface area contributed by atoms with Gasteiger partial charge in [0.2, 0.25) is 0 Å². The number of nitrogens with one attached hydrogen (secondary N) is 1. The van der Waals surface area contributed by atoms with Crippen molar-refractivity contribution in [2.45, 2.75) is 18.9 Å². The maximum atomic E-state index is 12.9. The Morgan fingerprint density at radius 2 is 1.94 bits per heavy atom. The molecule has 2 heterocycles. The molecule has 31 heavy (non-hydrogen) atoms. The lowest BCUT2D eigenvalue weighted by Crippen LogP contribution is -2.41. The molecule has 7 nitrogen and oxygen atoms in total. The van der Waals surface area contributed by atoms with Crippen LogP contribution in [0.5, 0.6) is 5.75 Å². The summed E-state index contributed by atoms with van der Waals surface area (Å²) in [5.74, 6) is 0.252. The van der Waals surface area contributed by atoms with Gasteiger partial charge in [-0.2, -0.15) is 0 Å². The van der Waals surface area contributed by atoms with Gasteiger partial charge in [0.15, 0.2) is 0 Å². The van der Waals surface area contributed by atoms with Gasteiger partial charge in [-0.1, -0.05) is 12.1 Å². The molecule has 1 N–H and O–H groups in total. The molecule has 2 saturated heterocycles. The Balaban J connectivity index is 1.43. The molecule has 4 rings (SSSR count). The fourth-order valence-electron chi connectivity index (χ4n) is 3.63.